The van der Waals surface area contributed by atoms with Gasteiger partial charge in [0.1, 0.15) is 12.1 Å². The number of hydrogen-bond acceptors (Lipinski definition) is 7. The Morgan fingerprint density at radius 1 is 1.12 bits per heavy atom. The number of carboxylic acids is 1. The van der Waals surface area contributed by atoms with Crippen LogP contribution in [-0.4, -0.2) is 84.0 Å². The molecule has 13 nitrogen and oxygen atoms in total. The summed E-state index contributed by atoms with van der Waals surface area (Å²) in [5, 5.41) is 14.3. The van der Waals surface area contributed by atoms with Crippen molar-refractivity contribution in [3.63, 3.8) is 0 Å². The number of nitrogens with zero attached hydrogens (tertiary/aromatic N) is 2. The summed E-state index contributed by atoms with van der Waals surface area (Å²) in [5.74, 6) is -2.61. The Morgan fingerprint density at radius 3 is 2.47 bits per heavy atom. The smallest absolute Gasteiger partial charge is 0.326 e. The second-order valence-corrected chi connectivity index (χ2v) is 7.70. The van der Waals surface area contributed by atoms with Crippen molar-refractivity contribution in [1.82, 2.24) is 15.5 Å². The maximum atomic E-state index is 12.6. The summed E-state index contributed by atoms with van der Waals surface area (Å²) >= 11 is 0. The highest BCUT2D eigenvalue weighted by molar-refractivity contribution is 5.93. The van der Waals surface area contributed by atoms with Crippen molar-refractivity contribution in [3.8, 4) is 0 Å². The molecule has 1 fully saturated rings. The molecule has 1 aliphatic rings. The fourth-order valence-electron chi connectivity index (χ4n) is 3.40. The fraction of sp³-hybridized carbons (Fsp3) is 0.737. The van der Waals surface area contributed by atoms with Crippen molar-refractivity contribution < 1.29 is 24.3 Å². The van der Waals surface area contributed by atoms with Gasteiger partial charge in [0, 0.05) is 13.1 Å². The molecule has 3 amide bonds. The molecule has 182 valence electrons. The Labute approximate surface area is 187 Å². The first-order valence-corrected chi connectivity index (χ1v) is 10.8. The van der Waals surface area contributed by atoms with Gasteiger partial charge in [-0.2, -0.15) is 0 Å². The third kappa shape index (κ3) is 9.47. The minimum absolute atomic E-state index is 0.0388. The van der Waals surface area contributed by atoms with Gasteiger partial charge >= 0.3 is 5.97 Å². The van der Waals surface area contributed by atoms with Crippen LogP contribution < -0.4 is 33.6 Å². The first kappa shape index (κ1) is 27.1. The van der Waals surface area contributed by atoms with Crippen LogP contribution in [0.3, 0.4) is 0 Å². The van der Waals surface area contributed by atoms with Crippen LogP contribution in [0, 0.1) is 0 Å². The van der Waals surface area contributed by atoms with E-state index in [-0.39, 0.29) is 18.9 Å². The van der Waals surface area contributed by atoms with E-state index in [0.29, 0.717) is 58.2 Å². The Balaban J connectivity index is 2.52. The van der Waals surface area contributed by atoms with Gasteiger partial charge < -0.3 is 43.6 Å². The summed E-state index contributed by atoms with van der Waals surface area (Å²) in [4.78, 5) is 53.9. The van der Waals surface area contributed by atoms with Crippen LogP contribution in [0.5, 0.6) is 0 Å². The SMILES string of the molecule is NCCCCC(NC(=O)C1CCCN1C(=O)CNC(=O)C(N)CCCN=C(N)N)C(=O)O. The van der Waals surface area contributed by atoms with Crippen LogP contribution in [0.2, 0.25) is 0 Å². The number of aliphatic carboxylic acids is 1. The zero-order chi connectivity index (χ0) is 24.1. The first-order valence-electron chi connectivity index (χ1n) is 10.8. The summed E-state index contributed by atoms with van der Waals surface area (Å²) in [6.45, 7) is 0.832. The Kier molecular flexibility index (Phi) is 12.0. The van der Waals surface area contributed by atoms with Crippen LogP contribution in [0.4, 0.5) is 0 Å². The van der Waals surface area contributed by atoms with Gasteiger partial charge in [-0.1, -0.05) is 0 Å². The van der Waals surface area contributed by atoms with Gasteiger partial charge in [-0.3, -0.25) is 19.4 Å². The summed E-state index contributed by atoms with van der Waals surface area (Å²) in [5.41, 5.74) is 21.7. The molecule has 0 saturated carbocycles. The van der Waals surface area contributed by atoms with Gasteiger partial charge in [0.15, 0.2) is 5.96 Å². The zero-order valence-corrected chi connectivity index (χ0v) is 18.3. The lowest BCUT2D eigenvalue weighted by atomic mass is 10.1. The molecule has 0 spiro atoms. The number of unbranched alkanes of at least 4 members (excludes halogenated alkanes) is 1. The zero-order valence-electron chi connectivity index (χ0n) is 18.3. The maximum absolute atomic E-state index is 12.6. The lowest BCUT2D eigenvalue weighted by Crippen LogP contribution is -2.53. The fourth-order valence-corrected chi connectivity index (χ4v) is 3.40. The molecule has 0 bridgehead atoms. The monoisotopic (exact) mass is 456 g/mol. The Hall–Kier alpha value is -2.93. The lowest BCUT2D eigenvalue weighted by Gasteiger charge is -2.26. The molecule has 1 rings (SSSR count). The molecule has 13 heteroatoms. The van der Waals surface area contributed by atoms with E-state index in [1.54, 1.807) is 0 Å². The van der Waals surface area contributed by atoms with Crippen molar-refractivity contribution in [1.29, 1.82) is 0 Å². The number of carbonyl (C=O) groups excluding carboxylic acids is 3. The predicted molar refractivity (Wildman–Crippen MR) is 118 cm³/mol. The minimum Gasteiger partial charge on any atom is -0.480 e. The van der Waals surface area contributed by atoms with Gasteiger partial charge in [-0.25, -0.2) is 4.79 Å². The average Bonchev–Trinajstić information content (AvgIpc) is 3.23. The van der Waals surface area contributed by atoms with Gasteiger partial charge in [0.25, 0.3) is 0 Å². The number of amides is 3. The molecule has 32 heavy (non-hydrogen) atoms. The summed E-state index contributed by atoms with van der Waals surface area (Å²) < 4.78 is 0. The minimum atomic E-state index is -1.13. The maximum Gasteiger partial charge on any atom is 0.326 e. The number of likely N-dealkylation sites (tertiary alicyclic amines) is 1. The highest BCUT2D eigenvalue weighted by Crippen LogP contribution is 2.18. The highest BCUT2D eigenvalue weighted by atomic mass is 16.4. The predicted octanol–water partition coefficient (Wildman–Crippen LogP) is -2.83. The molecule has 1 aliphatic heterocycles. The topological polar surface area (TPSA) is 232 Å². The van der Waals surface area contributed by atoms with Crippen molar-refractivity contribution in [2.24, 2.45) is 27.9 Å². The van der Waals surface area contributed by atoms with E-state index in [2.05, 4.69) is 15.6 Å². The third-order valence-electron chi connectivity index (χ3n) is 5.16. The van der Waals surface area contributed by atoms with Gasteiger partial charge in [0.2, 0.25) is 17.7 Å². The summed E-state index contributed by atoms with van der Waals surface area (Å²) in [6.07, 6.45) is 3.36. The van der Waals surface area contributed by atoms with Crippen LogP contribution in [-0.2, 0) is 19.2 Å². The van der Waals surface area contributed by atoms with E-state index in [1.807, 2.05) is 0 Å². The molecule has 0 aromatic heterocycles. The van der Waals surface area contributed by atoms with E-state index in [0.717, 1.165) is 0 Å². The second-order valence-electron chi connectivity index (χ2n) is 7.70. The van der Waals surface area contributed by atoms with E-state index >= 15 is 0 Å². The standard InChI is InChI=1S/C19H36N8O5/c20-8-2-1-6-13(18(31)32)26-17(30)14-7-4-10-27(14)15(28)11-25-16(29)12(21)5-3-9-24-19(22)23/h12-14H,1-11,20-21H2,(H,25,29)(H,26,30)(H,31,32)(H4,22,23,24). The van der Waals surface area contributed by atoms with Gasteiger partial charge in [0.05, 0.1) is 12.6 Å². The molecule has 0 radical (unpaired) electrons. The number of carbonyl (C=O) groups is 4. The molecule has 11 N–H and O–H groups in total. The molecule has 3 atom stereocenters. The van der Waals surface area contributed by atoms with Crippen LogP contribution in [0.15, 0.2) is 4.99 Å². The summed E-state index contributed by atoms with van der Waals surface area (Å²) in [7, 11) is 0. The van der Waals surface area contributed by atoms with Crippen LogP contribution in [0.1, 0.15) is 44.9 Å². The lowest BCUT2D eigenvalue weighted by molar-refractivity contribution is -0.144. The molecule has 0 aromatic carbocycles. The molecule has 0 aromatic rings. The van der Waals surface area contributed by atoms with Crippen LogP contribution in [0.25, 0.3) is 0 Å². The average molecular weight is 457 g/mol. The van der Waals surface area contributed by atoms with Gasteiger partial charge in [-0.05, 0) is 51.5 Å². The number of hydrogen-bond donors (Lipinski definition) is 7. The number of carboxylic acid groups (broad SMARTS) is 1. The largest absolute Gasteiger partial charge is 0.480 e. The van der Waals surface area contributed by atoms with Crippen molar-refractivity contribution in [3.05, 3.63) is 0 Å². The van der Waals surface area contributed by atoms with E-state index in [4.69, 9.17) is 22.9 Å². The van der Waals surface area contributed by atoms with E-state index < -0.39 is 41.8 Å². The van der Waals surface area contributed by atoms with Crippen molar-refractivity contribution in [2.75, 3.05) is 26.2 Å². The highest BCUT2D eigenvalue weighted by Gasteiger charge is 2.35. The second kappa shape index (κ2) is 14.2. The van der Waals surface area contributed by atoms with Crippen LogP contribution >= 0.6 is 0 Å². The molecule has 0 aliphatic carbocycles. The molecule has 1 heterocycles. The van der Waals surface area contributed by atoms with Gasteiger partial charge in [-0.15, -0.1) is 0 Å². The number of nitrogens with two attached hydrogens (primary N) is 4. The number of guanidine groups is 1. The quantitative estimate of drug-likeness (QED) is 0.0809. The normalized spacial score (nSPS) is 17.3. The van der Waals surface area contributed by atoms with E-state index in [9.17, 15) is 24.3 Å². The van der Waals surface area contributed by atoms with E-state index in [1.165, 1.54) is 4.90 Å². The summed E-state index contributed by atoms with van der Waals surface area (Å²) in [6, 6.07) is -2.63. The molecule has 3 unspecified atom stereocenters. The number of aliphatic imine (C=N–C) groups is 1. The molecular formula is C19H36N8O5. The Morgan fingerprint density at radius 2 is 1.84 bits per heavy atom. The molecular weight excluding hydrogens is 420 g/mol. The first-order chi connectivity index (χ1) is 15.2. The van der Waals surface area contributed by atoms with Crippen molar-refractivity contribution >= 4 is 29.7 Å². The number of nitrogens with one attached hydrogen (secondary N) is 2. The third-order valence-corrected chi connectivity index (χ3v) is 5.16. The number of rotatable bonds is 14. The molecule has 1 saturated heterocycles. The van der Waals surface area contributed by atoms with Crippen molar-refractivity contribution in [2.45, 2.75) is 63.1 Å². The Bertz CT molecular complexity index is 683.